The van der Waals surface area contributed by atoms with E-state index in [1.54, 1.807) is 0 Å². The number of anilines is 1. The Labute approximate surface area is 121 Å². The number of aromatic nitrogens is 2. The Bertz CT molecular complexity index is 430. The highest BCUT2D eigenvalue weighted by molar-refractivity contribution is 5.32. The highest BCUT2D eigenvalue weighted by atomic mass is 16.5. The molecule has 0 aliphatic carbocycles. The average molecular weight is 278 g/mol. The van der Waals surface area contributed by atoms with Crippen LogP contribution in [-0.2, 0) is 11.3 Å². The topological polar surface area (TPSA) is 50.3 Å². The van der Waals surface area contributed by atoms with E-state index in [1.807, 2.05) is 12.4 Å². The van der Waals surface area contributed by atoms with Crippen molar-refractivity contribution in [3.63, 3.8) is 0 Å². The SMILES string of the molecule is CC(C)NCc1cnc(N2CC(C)OC(C)(C)C2)nc1. The molecule has 20 heavy (non-hydrogen) atoms. The molecule has 0 aromatic carbocycles. The largest absolute Gasteiger partial charge is 0.369 e. The van der Waals surface area contributed by atoms with Gasteiger partial charge in [-0.15, -0.1) is 0 Å². The minimum Gasteiger partial charge on any atom is -0.369 e. The van der Waals surface area contributed by atoms with Crippen molar-refractivity contribution in [1.82, 2.24) is 15.3 Å². The fraction of sp³-hybridized carbons (Fsp3) is 0.733. The van der Waals surface area contributed by atoms with Crippen molar-refractivity contribution in [3.8, 4) is 0 Å². The monoisotopic (exact) mass is 278 g/mol. The summed E-state index contributed by atoms with van der Waals surface area (Å²) >= 11 is 0. The molecule has 5 heteroatoms. The Morgan fingerprint density at radius 2 is 2.05 bits per heavy atom. The first-order valence-corrected chi connectivity index (χ1v) is 7.33. The minimum absolute atomic E-state index is 0.154. The van der Waals surface area contributed by atoms with E-state index < -0.39 is 0 Å². The predicted octanol–water partition coefficient (Wildman–Crippen LogP) is 1.98. The molecule has 0 radical (unpaired) electrons. The summed E-state index contributed by atoms with van der Waals surface area (Å²) < 4.78 is 5.91. The van der Waals surface area contributed by atoms with Crippen LogP contribution in [0.2, 0.25) is 0 Å². The molecule has 1 aromatic heterocycles. The molecule has 2 rings (SSSR count). The molecule has 0 saturated carbocycles. The lowest BCUT2D eigenvalue weighted by molar-refractivity contribution is -0.0753. The Kier molecular flexibility index (Phi) is 4.60. The number of ether oxygens (including phenoxy) is 1. The van der Waals surface area contributed by atoms with Crippen LogP contribution in [-0.4, -0.2) is 40.8 Å². The minimum atomic E-state index is -0.154. The Hall–Kier alpha value is -1.20. The van der Waals surface area contributed by atoms with Crippen LogP contribution < -0.4 is 10.2 Å². The van der Waals surface area contributed by atoms with Gasteiger partial charge >= 0.3 is 0 Å². The Morgan fingerprint density at radius 1 is 1.40 bits per heavy atom. The molecule has 2 heterocycles. The maximum absolute atomic E-state index is 5.91. The van der Waals surface area contributed by atoms with E-state index in [0.29, 0.717) is 6.04 Å². The Morgan fingerprint density at radius 3 is 2.60 bits per heavy atom. The van der Waals surface area contributed by atoms with Crippen LogP contribution in [0.5, 0.6) is 0 Å². The maximum Gasteiger partial charge on any atom is 0.225 e. The van der Waals surface area contributed by atoms with Crippen LogP contribution in [0.4, 0.5) is 5.95 Å². The molecule has 1 atom stereocenters. The number of rotatable bonds is 4. The molecule has 0 amide bonds. The van der Waals surface area contributed by atoms with Crippen LogP contribution in [0.25, 0.3) is 0 Å². The first-order chi connectivity index (χ1) is 9.35. The average Bonchev–Trinajstić information content (AvgIpc) is 2.34. The molecule has 1 N–H and O–H groups in total. The smallest absolute Gasteiger partial charge is 0.225 e. The van der Waals surface area contributed by atoms with Gasteiger partial charge in [0, 0.05) is 43.6 Å². The van der Waals surface area contributed by atoms with Crippen molar-refractivity contribution in [2.24, 2.45) is 0 Å². The van der Waals surface area contributed by atoms with Crippen LogP contribution in [0.15, 0.2) is 12.4 Å². The van der Waals surface area contributed by atoms with Crippen LogP contribution in [0, 0.1) is 0 Å². The summed E-state index contributed by atoms with van der Waals surface area (Å²) in [5, 5.41) is 3.37. The van der Waals surface area contributed by atoms with E-state index in [9.17, 15) is 0 Å². The van der Waals surface area contributed by atoms with E-state index in [0.717, 1.165) is 31.1 Å². The zero-order chi connectivity index (χ0) is 14.8. The van der Waals surface area contributed by atoms with Crippen LogP contribution >= 0.6 is 0 Å². The normalized spacial score (nSPS) is 22.3. The van der Waals surface area contributed by atoms with Gasteiger partial charge in [-0.05, 0) is 20.8 Å². The van der Waals surface area contributed by atoms with Crippen LogP contribution in [0.3, 0.4) is 0 Å². The van der Waals surface area contributed by atoms with E-state index in [-0.39, 0.29) is 11.7 Å². The van der Waals surface area contributed by atoms with Gasteiger partial charge < -0.3 is 15.0 Å². The van der Waals surface area contributed by atoms with Crippen molar-refractivity contribution < 1.29 is 4.74 Å². The third kappa shape index (κ3) is 4.15. The van der Waals surface area contributed by atoms with Gasteiger partial charge in [-0.2, -0.15) is 0 Å². The van der Waals surface area contributed by atoms with Gasteiger partial charge in [0.1, 0.15) is 0 Å². The third-order valence-corrected chi connectivity index (χ3v) is 3.26. The lowest BCUT2D eigenvalue weighted by Crippen LogP contribution is -2.52. The molecule has 1 fully saturated rings. The summed E-state index contributed by atoms with van der Waals surface area (Å²) in [6.07, 6.45) is 4.01. The lowest BCUT2D eigenvalue weighted by Gasteiger charge is -2.41. The van der Waals surface area contributed by atoms with Gasteiger partial charge in [-0.1, -0.05) is 13.8 Å². The van der Waals surface area contributed by atoms with E-state index in [1.165, 1.54) is 0 Å². The quantitative estimate of drug-likeness (QED) is 0.912. The van der Waals surface area contributed by atoms with Crippen molar-refractivity contribution in [2.45, 2.75) is 58.9 Å². The van der Waals surface area contributed by atoms with Gasteiger partial charge in [0.15, 0.2) is 0 Å². The lowest BCUT2D eigenvalue weighted by atomic mass is 10.1. The molecular weight excluding hydrogens is 252 g/mol. The summed E-state index contributed by atoms with van der Waals surface area (Å²) in [6.45, 7) is 13.0. The highest BCUT2D eigenvalue weighted by Crippen LogP contribution is 2.23. The first kappa shape index (κ1) is 15.2. The molecule has 1 saturated heterocycles. The van der Waals surface area contributed by atoms with Gasteiger partial charge in [-0.3, -0.25) is 0 Å². The fourth-order valence-electron chi connectivity index (χ4n) is 2.53. The number of hydrogen-bond acceptors (Lipinski definition) is 5. The Balaban J connectivity index is 2.02. The number of morpholine rings is 1. The second kappa shape index (κ2) is 6.06. The van der Waals surface area contributed by atoms with Crippen LogP contribution in [0.1, 0.15) is 40.2 Å². The number of nitrogens with zero attached hydrogens (tertiary/aromatic N) is 3. The summed E-state index contributed by atoms with van der Waals surface area (Å²) in [7, 11) is 0. The van der Waals surface area contributed by atoms with Gasteiger partial charge in [0.05, 0.1) is 11.7 Å². The summed E-state index contributed by atoms with van der Waals surface area (Å²) in [5.41, 5.74) is 0.960. The predicted molar refractivity (Wildman–Crippen MR) is 80.8 cm³/mol. The molecule has 5 nitrogen and oxygen atoms in total. The number of nitrogens with one attached hydrogen (secondary N) is 1. The molecule has 1 aromatic rings. The van der Waals surface area contributed by atoms with Gasteiger partial charge in [0.2, 0.25) is 5.95 Å². The van der Waals surface area contributed by atoms with Crippen molar-refractivity contribution >= 4 is 5.95 Å². The fourth-order valence-corrected chi connectivity index (χ4v) is 2.53. The second-order valence-corrected chi connectivity index (χ2v) is 6.50. The molecule has 112 valence electrons. The second-order valence-electron chi connectivity index (χ2n) is 6.50. The molecule has 0 bridgehead atoms. The zero-order valence-electron chi connectivity index (χ0n) is 13.2. The van der Waals surface area contributed by atoms with Gasteiger partial charge in [0.25, 0.3) is 0 Å². The number of hydrogen-bond donors (Lipinski definition) is 1. The zero-order valence-corrected chi connectivity index (χ0v) is 13.2. The highest BCUT2D eigenvalue weighted by Gasteiger charge is 2.32. The molecule has 1 aliphatic rings. The molecule has 1 unspecified atom stereocenters. The third-order valence-electron chi connectivity index (χ3n) is 3.26. The van der Waals surface area contributed by atoms with E-state index >= 15 is 0 Å². The summed E-state index contributed by atoms with van der Waals surface area (Å²) in [6, 6.07) is 0.468. The summed E-state index contributed by atoms with van der Waals surface area (Å²) in [5.74, 6) is 0.793. The van der Waals surface area contributed by atoms with Crippen molar-refractivity contribution in [2.75, 3.05) is 18.0 Å². The van der Waals surface area contributed by atoms with E-state index in [4.69, 9.17) is 4.74 Å². The first-order valence-electron chi connectivity index (χ1n) is 7.33. The molecule has 0 spiro atoms. The van der Waals surface area contributed by atoms with E-state index in [2.05, 4.69) is 54.8 Å². The van der Waals surface area contributed by atoms with Crippen molar-refractivity contribution in [3.05, 3.63) is 18.0 Å². The molecule has 1 aliphatic heterocycles. The maximum atomic E-state index is 5.91. The van der Waals surface area contributed by atoms with Crippen molar-refractivity contribution in [1.29, 1.82) is 0 Å². The van der Waals surface area contributed by atoms with Gasteiger partial charge in [-0.25, -0.2) is 9.97 Å². The summed E-state index contributed by atoms with van der Waals surface area (Å²) in [4.78, 5) is 11.2. The molecular formula is C15H26N4O. The standard InChI is InChI=1S/C15H26N4O/c1-11(2)16-6-13-7-17-14(18-8-13)19-9-12(3)20-15(4,5)10-19/h7-8,11-12,16H,6,9-10H2,1-5H3.